The number of hydrogen-bond donors (Lipinski definition) is 1. The number of nitrogens with one attached hydrogen (secondary N) is 1. The molecule has 5 heteroatoms. The summed E-state index contributed by atoms with van der Waals surface area (Å²) in [5.74, 6) is 0.550. The highest BCUT2D eigenvalue weighted by molar-refractivity contribution is 7.13. The van der Waals surface area contributed by atoms with Crippen LogP contribution >= 0.6 is 11.3 Å². The van der Waals surface area contributed by atoms with Crippen molar-refractivity contribution in [2.75, 3.05) is 5.32 Å². The molecule has 74 valence electrons. The number of anilines is 2. The van der Waals surface area contributed by atoms with Crippen LogP contribution in [0.15, 0.2) is 23.7 Å². The van der Waals surface area contributed by atoms with E-state index in [0.29, 0.717) is 11.4 Å². The summed E-state index contributed by atoms with van der Waals surface area (Å²) in [7, 11) is 0. The maximum Gasteiger partial charge on any atom is 0.188 e. The minimum atomic E-state index is 0.519. The molecule has 0 aliphatic carbocycles. The first-order valence-electron chi connectivity index (χ1n) is 4.34. The molecule has 2 aromatic rings. The van der Waals surface area contributed by atoms with E-state index in [1.165, 1.54) is 11.3 Å². The average molecular weight is 216 g/mol. The summed E-state index contributed by atoms with van der Waals surface area (Å²) in [6, 6.07) is 5.53. The van der Waals surface area contributed by atoms with E-state index in [2.05, 4.69) is 21.4 Å². The lowest BCUT2D eigenvalue weighted by molar-refractivity contribution is 1.23. The summed E-state index contributed by atoms with van der Waals surface area (Å²) in [5.41, 5.74) is 1.47. The van der Waals surface area contributed by atoms with Gasteiger partial charge in [-0.3, -0.25) is 0 Å². The van der Waals surface area contributed by atoms with E-state index < -0.39 is 0 Å². The normalized spacial score (nSPS) is 9.60. The molecule has 1 N–H and O–H groups in total. The van der Waals surface area contributed by atoms with Crippen molar-refractivity contribution >= 4 is 22.3 Å². The first-order valence-corrected chi connectivity index (χ1v) is 5.22. The number of thiazole rings is 1. The van der Waals surface area contributed by atoms with Crippen LogP contribution in [-0.4, -0.2) is 9.97 Å². The zero-order chi connectivity index (χ0) is 10.7. The largest absolute Gasteiger partial charge is 0.315 e. The predicted octanol–water partition coefficient (Wildman–Crippen LogP) is 2.46. The maximum atomic E-state index is 8.85. The molecular weight excluding hydrogens is 208 g/mol. The van der Waals surface area contributed by atoms with Gasteiger partial charge in [-0.25, -0.2) is 9.97 Å². The Morgan fingerprint density at radius 2 is 2.40 bits per heavy atom. The van der Waals surface area contributed by atoms with Crippen LogP contribution in [0.4, 0.5) is 10.9 Å². The first kappa shape index (κ1) is 9.62. The van der Waals surface area contributed by atoms with E-state index >= 15 is 0 Å². The van der Waals surface area contributed by atoms with Crippen LogP contribution in [0.3, 0.4) is 0 Å². The zero-order valence-corrected chi connectivity index (χ0v) is 8.88. The highest BCUT2D eigenvalue weighted by Crippen LogP contribution is 2.20. The lowest BCUT2D eigenvalue weighted by Gasteiger charge is -2.01. The summed E-state index contributed by atoms with van der Waals surface area (Å²) in [6.07, 6.45) is 1.64. The molecule has 4 nitrogen and oxygen atoms in total. The van der Waals surface area contributed by atoms with Crippen molar-refractivity contribution in [3.8, 4) is 6.07 Å². The Hall–Kier alpha value is -1.93. The van der Waals surface area contributed by atoms with Crippen LogP contribution in [0, 0.1) is 18.3 Å². The van der Waals surface area contributed by atoms with Gasteiger partial charge in [0, 0.05) is 11.6 Å². The molecule has 0 amide bonds. The van der Waals surface area contributed by atoms with Gasteiger partial charge in [0.15, 0.2) is 5.13 Å². The standard InChI is InChI=1S/C10H8N4S/c1-7-6-15-10(13-7)14-9-8(5-11)3-2-4-12-9/h2-4,6H,1H3,(H,12,13,14). The second kappa shape index (κ2) is 4.07. The molecule has 15 heavy (non-hydrogen) atoms. The number of aromatic nitrogens is 2. The molecule has 0 spiro atoms. The van der Waals surface area contributed by atoms with E-state index in [9.17, 15) is 0 Å². The van der Waals surface area contributed by atoms with Crippen molar-refractivity contribution in [1.29, 1.82) is 5.26 Å². The number of nitriles is 1. The number of aryl methyl sites for hydroxylation is 1. The molecule has 0 aromatic carbocycles. The summed E-state index contributed by atoms with van der Waals surface area (Å²) >= 11 is 1.49. The Kier molecular flexibility index (Phi) is 2.61. The van der Waals surface area contributed by atoms with Crippen molar-refractivity contribution in [3.63, 3.8) is 0 Å². The third-order valence-electron chi connectivity index (χ3n) is 1.77. The van der Waals surface area contributed by atoms with Gasteiger partial charge in [0.05, 0.1) is 11.3 Å². The van der Waals surface area contributed by atoms with Gasteiger partial charge in [-0.1, -0.05) is 0 Å². The minimum Gasteiger partial charge on any atom is -0.315 e. The van der Waals surface area contributed by atoms with Crippen molar-refractivity contribution in [2.24, 2.45) is 0 Å². The van der Waals surface area contributed by atoms with Crippen LogP contribution in [0.25, 0.3) is 0 Å². The fourth-order valence-electron chi connectivity index (χ4n) is 1.11. The van der Waals surface area contributed by atoms with Gasteiger partial charge in [-0.05, 0) is 19.1 Å². The highest BCUT2D eigenvalue weighted by Gasteiger charge is 2.04. The van der Waals surface area contributed by atoms with Gasteiger partial charge in [0.1, 0.15) is 11.9 Å². The monoisotopic (exact) mass is 216 g/mol. The van der Waals surface area contributed by atoms with E-state index in [1.54, 1.807) is 18.3 Å². The fourth-order valence-corrected chi connectivity index (χ4v) is 1.79. The van der Waals surface area contributed by atoms with Crippen molar-refractivity contribution < 1.29 is 0 Å². The summed E-state index contributed by atoms with van der Waals surface area (Å²) < 4.78 is 0. The van der Waals surface area contributed by atoms with Gasteiger partial charge in [-0.2, -0.15) is 5.26 Å². The SMILES string of the molecule is Cc1csc(Nc2ncccc2C#N)n1. The third kappa shape index (κ3) is 2.11. The van der Waals surface area contributed by atoms with Gasteiger partial charge >= 0.3 is 0 Å². The van der Waals surface area contributed by atoms with Gasteiger partial charge in [0.25, 0.3) is 0 Å². The Labute approximate surface area is 91.2 Å². The van der Waals surface area contributed by atoms with Crippen LogP contribution < -0.4 is 5.32 Å². The molecule has 0 bridgehead atoms. The van der Waals surface area contributed by atoms with E-state index in [-0.39, 0.29) is 0 Å². The molecule has 0 fully saturated rings. The molecule has 2 aromatic heterocycles. The molecule has 0 aliphatic rings. The van der Waals surface area contributed by atoms with Gasteiger partial charge in [-0.15, -0.1) is 11.3 Å². The molecular formula is C10H8N4S. The molecule has 2 heterocycles. The van der Waals surface area contributed by atoms with E-state index in [0.717, 1.165) is 10.8 Å². The van der Waals surface area contributed by atoms with Crippen molar-refractivity contribution in [3.05, 3.63) is 35.0 Å². The predicted molar refractivity (Wildman–Crippen MR) is 59.1 cm³/mol. The summed E-state index contributed by atoms with van der Waals surface area (Å²) in [6.45, 7) is 1.92. The number of hydrogen-bond acceptors (Lipinski definition) is 5. The Bertz CT molecular complexity index is 512. The average Bonchev–Trinajstić information content (AvgIpc) is 2.65. The Morgan fingerprint density at radius 1 is 1.53 bits per heavy atom. The molecule has 0 aliphatic heterocycles. The maximum absolute atomic E-state index is 8.85. The van der Waals surface area contributed by atoms with Crippen molar-refractivity contribution in [2.45, 2.75) is 6.92 Å². The second-order valence-electron chi connectivity index (χ2n) is 2.93. The quantitative estimate of drug-likeness (QED) is 0.837. The summed E-state index contributed by atoms with van der Waals surface area (Å²) in [4.78, 5) is 8.33. The fraction of sp³-hybridized carbons (Fsp3) is 0.100. The molecule has 0 unspecified atom stereocenters. The smallest absolute Gasteiger partial charge is 0.188 e. The topological polar surface area (TPSA) is 61.6 Å². The van der Waals surface area contributed by atoms with Gasteiger partial charge < -0.3 is 5.32 Å². The van der Waals surface area contributed by atoms with Crippen LogP contribution in [0.5, 0.6) is 0 Å². The summed E-state index contributed by atoms with van der Waals surface area (Å²) in [5, 5.41) is 14.6. The van der Waals surface area contributed by atoms with E-state index in [4.69, 9.17) is 5.26 Å². The number of pyridine rings is 1. The van der Waals surface area contributed by atoms with Crippen LogP contribution in [0.2, 0.25) is 0 Å². The second-order valence-corrected chi connectivity index (χ2v) is 3.79. The lowest BCUT2D eigenvalue weighted by Crippen LogP contribution is -1.95. The first-order chi connectivity index (χ1) is 7.29. The minimum absolute atomic E-state index is 0.519. The number of nitrogens with zero attached hydrogens (tertiary/aromatic N) is 3. The highest BCUT2D eigenvalue weighted by atomic mass is 32.1. The van der Waals surface area contributed by atoms with Crippen LogP contribution in [0.1, 0.15) is 11.3 Å². The molecule has 0 radical (unpaired) electrons. The third-order valence-corrected chi connectivity index (χ3v) is 2.65. The molecule has 0 saturated carbocycles. The van der Waals surface area contributed by atoms with Gasteiger partial charge in [0.2, 0.25) is 0 Å². The Morgan fingerprint density at radius 3 is 3.07 bits per heavy atom. The molecule has 2 rings (SSSR count). The lowest BCUT2D eigenvalue weighted by atomic mass is 10.3. The Balaban J connectivity index is 2.28. The molecule has 0 atom stereocenters. The van der Waals surface area contributed by atoms with Crippen molar-refractivity contribution in [1.82, 2.24) is 9.97 Å². The number of rotatable bonds is 2. The van der Waals surface area contributed by atoms with Crippen LogP contribution in [-0.2, 0) is 0 Å². The molecule has 0 saturated heterocycles. The zero-order valence-electron chi connectivity index (χ0n) is 8.06. The van der Waals surface area contributed by atoms with E-state index in [1.807, 2.05) is 12.3 Å².